The van der Waals surface area contributed by atoms with E-state index < -0.39 is 11.8 Å². The van der Waals surface area contributed by atoms with Crippen LogP contribution in [0.3, 0.4) is 0 Å². The first kappa shape index (κ1) is 31.6. The lowest BCUT2D eigenvalue weighted by Crippen LogP contribution is -2.30. The Hall–Kier alpha value is -4.33. The van der Waals surface area contributed by atoms with Crippen LogP contribution < -0.4 is 25.4 Å². The number of nitrogens with zero attached hydrogens (tertiary/aromatic N) is 2. The summed E-state index contributed by atoms with van der Waals surface area (Å²) in [6.07, 6.45) is 1.55. The third-order valence-corrected chi connectivity index (χ3v) is 8.11. The zero-order chi connectivity index (χ0) is 30.6. The molecular weight excluding hydrogens is 607 g/mol. The minimum atomic E-state index is -0.531. The van der Waals surface area contributed by atoms with Gasteiger partial charge in [0.05, 0.1) is 20.0 Å². The average Bonchev–Trinajstić information content (AvgIpc) is 3.46. The molecule has 3 N–H and O–H groups in total. The topological polar surface area (TPSA) is 132 Å². The Balaban J connectivity index is 1.47. The Morgan fingerprint density at radius 1 is 0.907 bits per heavy atom. The molecule has 0 aliphatic rings. The molecule has 10 nitrogen and oxygen atoms in total. The van der Waals surface area contributed by atoms with Crippen molar-refractivity contribution < 1.29 is 23.9 Å². The van der Waals surface area contributed by atoms with Gasteiger partial charge in [0.15, 0.2) is 11.5 Å². The van der Waals surface area contributed by atoms with Crippen LogP contribution in [0.2, 0.25) is 0 Å². The molecule has 0 aliphatic carbocycles. The van der Waals surface area contributed by atoms with E-state index in [1.807, 2.05) is 13.0 Å². The standard InChI is InChI=1S/C30H29N5O5S3/c1-4-41-30-34-29(43-35-30)33-26(36)18-42-22-12-8-11-21(17-22)31-28(38)23(32-27(37)20-9-6-5-7-10-20)15-19-13-14-24(39-2)25(16-19)40-3/h5-17H,4,18H2,1-3H3,(H,31,38)(H,32,37)(H,33,34,35,36)/b23-15+. The molecule has 0 aliphatic heterocycles. The van der Waals surface area contributed by atoms with E-state index >= 15 is 0 Å². The zero-order valence-corrected chi connectivity index (χ0v) is 26.0. The minimum absolute atomic E-state index is 0.0242. The second-order valence-corrected chi connectivity index (χ2v) is 11.7. The number of ether oxygens (including phenoxy) is 2. The van der Waals surface area contributed by atoms with Crippen molar-refractivity contribution in [1.29, 1.82) is 0 Å². The minimum Gasteiger partial charge on any atom is -0.493 e. The van der Waals surface area contributed by atoms with E-state index in [1.165, 1.54) is 37.7 Å². The van der Waals surface area contributed by atoms with Crippen LogP contribution in [0.5, 0.6) is 11.5 Å². The highest BCUT2D eigenvalue weighted by atomic mass is 32.2. The van der Waals surface area contributed by atoms with Crippen LogP contribution in [-0.4, -0.2) is 52.8 Å². The van der Waals surface area contributed by atoms with Crippen LogP contribution in [0.4, 0.5) is 10.8 Å². The van der Waals surface area contributed by atoms with Gasteiger partial charge in [-0.05, 0) is 59.9 Å². The molecule has 3 aromatic carbocycles. The number of nitrogens with one attached hydrogen (secondary N) is 3. The van der Waals surface area contributed by atoms with Gasteiger partial charge in [-0.1, -0.05) is 49.0 Å². The first-order chi connectivity index (χ1) is 20.9. The number of methoxy groups -OCH3 is 2. The van der Waals surface area contributed by atoms with Crippen LogP contribution in [-0.2, 0) is 9.59 Å². The van der Waals surface area contributed by atoms with Gasteiger partial charge in [0, 0.05) is 27.7 Å². The van der Waals surface area contributed by atoms with Crippen molar-refractivity contribution in [3.05, 3.63) is 89.6 Å². The van der Waals surface area contributed by atoms with Crippen molar-refractivity contribution in [3.63, 3.8) is 0 Å². The van der Waals surface area contributed by atoms with Crippen LogP contribution in [0.1, 0.15) is 22.8 Å². The lowest BCUT2D eigenvalue weighted by atomic mass is 10.1. The lowest BCUT2D eigenvalue weighted by molar-refractivity contribution is -0.114. The Kier molecular flexibility index (Phi) is 11.6. The quantitative estimate of drug-likeness (QED) is 0.123. The number of hydrogen-bond acceptors (Lipinski definition) is 10. The molecule has 0 fully saturated rings. The Bertz CT molecular complexity index is 1610. The summed E-state index contributed by atoms with van der Waals surface area (Å²) in [6.45, 7) is 2.01. The Labute approximate surface area is 261 Å². The van der Waals surface area contributed by atoms with Crippen molar-refractivity contribution in [2.45, 2.75) is 17.0 Å². The van der Waals surface area contributed by atoms with Crippen LogP contribution in [0, 0.1) is 0 Å². The summed E-state index contributed by atoms with van der Waals surface area (Å²) in [7, 11) is 3.05. The van der Waals surface area contributed by atoms with Gasteiger partial charge < -0.3 is 20.1 Å². The van der Waals surface area contributed by atoms with E-state index in [0.29, 0.717) is 38.6 Å². The predicted molar refractivity (Wildman–Crippen MR) is 172 cm³/mol. The molecule has 3 amide bonds. The Morgan fingerprint density at radius 3 is 2.44 bits per heavy atom. The molecular formula is C30H29N5O5S3. The summed E-state index contributed by atoms with van der Waals surface area (Å²) in [6, 6.07) is 20.9. The fourth-order valence-electron chi connectivity index (χ4n) is 3.67. The largest absolute Gasteiger partial charge is 0.493 e. The van der Waals surface area contributed by atoms with E-state index in [1.54, 1.807) is 72.8 Å². The number of carbonyl (C=O) groups is 3. The van der Waals surface area contributed by atoms with Crippen molar-refractivity contribution in [1.82, 2.24) is 14.7 Å². The third kappa shape index (κ3) is 9.33. The number of benzene rings is 3. The number of hydrogen-bond donors (Lipinski definition) is 3. The van der Waals surface area contributed by atoms with Crippen molar-refractivity contribution >= 4 is 69.7 Å². The maximum absolute atomic E-state index is 13.5. The van der Waals surface area contributed by atoms with E-state index in [0.717, 1.165) is 22.2 Å². The zero-order valence-electron chi connectivity index (χ0n) is 23.6. The van der Waals surface area contributed by atoms with Crippen molar-refractivity contribution in [2.24, 2.45) is 0 Å². The molecule has 0 bridgehead atoms. The molecule has 4 rings (SSSR count). The first-order valence-corrected chi connectivity index (χ1v) is 15.7. The summed E-state index contributed by atoms with van der Waals surface area (Å²) in [5.74, 6) is 0.818. The van der Waals surface area contributed by atoms with Gasteiger partial charge in [0.2, 0.25) is 16.2 Å². The molecule has 222 valence electrons. The van der Waals surface area contributed by atoms with Crippen LogP contribution in [0.15, 0.2) is 88.5 Å². The molecule has 0 saturated heterocycles. The van der Waals surface area contributed by atoms with E-state index in [2.05, 4.69) is 25.3 Å². The van der Waals surface area contributed by atoms with E-state index in [9.17, 15) is 14.4 Å². The van der Waals surface area contributed by atoms with Gasteiger partial charge in [-0.3, -0.25) is 19.7 Å². The lowest BCUT2D eigenvalue weighted by Gasteiger charge is -2.13. The third-order valence-electron chi connectivity index (χ3n) is 5.64. The van der Waals surface area contributed by atoms with E-state index in [-0.39, 0.29) is 17.4 Å². The number of rotatable bonds is 13. The monoisotopic (exact) mass is 635 g/mol. The molecule has 43 heavy (non-hydrogen) atoms. The molecule has 1 heterocycles. The number of carbonyl (C=O) groups excluding carboxylic acids is 3. The first-order valence-electron chi connectivity index (χ1n) is 13.0. The fourth-order valence-corrected chi connectivity index (χ4v) is 5.71. The Morgan fingerprint density at radius 2 is 1.70 bits per heavy atom. The molecule has 1 aromatic heterocycles. The molecule has 0 spiro atoms. The second-order valence-electron chi connectivity index (χ2n) is 8.63. The number of anilines is 2. The van der Waals surface area contributed by atoms with Crippen molar-refractivity contribution in [3.8, 4) is 11.5 Å². The smallest absolute Gasteiger partial charge is 0.272 e. The van der Waals surface area contributed by atoms with Crippen molar-refractivity contribution in [2.75, 3.05) is 36.4 Å². The summed E-state index contributed by atoms with van der Waals surface area (Å²) < 4.78 is 14.9. The normalized spacial score (nSPS) is 11.0. The van der Waals surface area contributed by atoms with Crippen LogP contribution in [0.25, 0.3) is 6.08 Å². The summed E-state index contributed by atoms with van der Waals surface area (Å²) in [5.41, 5.74) is 1.53. The van der Waals surface area contributed by atoms with Gasteiger partial charge in [-0.2, -0.15) is 9.36 Å². The predicted octanol–water partition coefficient (Wildman–Crippen LogP) is 5.81. The fraction of sp³-hybridized carbons (Fsp3) is 0.167. The van der Waals surface area contributed by atoms with Gasteiger partial charge >= 0.3 is 0 Å². The highest BCUT2D eigenvalue weighted by Crippen LogP contribution is 2.29. The van der Waals surface area contributed by atoms with Gasteiger partial charge in [-0.15, -0.1) is 11.8 Å². The van der Waals surface area contributed by atoms with Gasteiger partial charge in [0.1, 0.15) is 5.70 Å². The maximum atomic E-state index is 13.5. The molecule has 0 radical (unpaired) electrons. The molecule has 0 atom stereocenters. The number of thioether (sulfide) groups is 2. The number of amides is 3. The second kappa shape index (κ2) is 15.8. The molecule has 0 saturated carbocycles. The molecule has 13 heteroatoms. The van der Waals surface area contributed by atoms with Crippen LogP contribution >= 0.6 is 35.1 Å². The number of aromatic nitrogens is 2. The SMILES string of the molecule is CCSc1nsc(NC(=O)CSc2cccc(NC(=O)/C(=C\c3ccc(OC)c(OC)c3)NC(=O)c3ccccc3)c2)n1. The highest BCUT2D eigenvalue weighted by molar-refractivity contribution is 8.00. The maximum Gasteiger partial charge on any atom is 0.272 e. The van der Waals surface area contributed by atoms with Gasteiger partial charge in [-0.25, -0.2) is 0 Å². The van der Waals surface area contributed by atoms with E-state index in [4.69, 9.17) is 9.47 Å². The summed E-state index contributed by atoms with van der Waals surface area (Å²) in [5, 5.41) is 9.42. The average molecular weight is 636 g/mol. The molecule has 4 aromatic rings. The highest BCUT2D eigenvalue weighted by Gasteiger charge is 2.16. The summed E-state index contributed by atoms with van der Waals surface area (Å²) >= 11 is 3.96. The molecule has 0 unspecified atom stereocenters. The summed E-state index contributed by atoms with van der Waals surface area (Å²) in [4.78, 5) is 43.9. The van der Waals surface area contributed by atoms with Gasteiger partial charge in [0.25, 0.3) is 11.8 Å².